The van der Waals surface area contributed by atoms with E-state index in [-0.39, 0.29) is 30.8 Å². The Kier molecular flexibility index (Phi) is 6.35. The Bertz CT molecular complexity index is 1010. The maximum Gasteiger partial charge on any atom is 0.338 e. The van der Waals surface area contributed by atoms with Crippen LogP contribution in [-0.2, 0) is 25.5 Å². The number of nitrogens with zero attached hydrogens (tertiary/aromatic N) is 2. The second-order valence-electron chi connectivity index (χ2n) is 8.10. The molecule has 2 aromatic carbocycles. The number of esters is 1. The number of hydrogen-bond donors (Lipinski definition) is 0. The predicted octanol–water partition coefficient (Wildman–Crippen LogP) is 2.98. The summed E-state index contributed by atoms with van der Waals surface area (Å²) in [6.45, 7) is 2.37. The number of benzene rings is 2. The molecule has 1 saturated carbocycles. The molecule has 7 heteroatoms. The highest BCUT2D eigenvalue weighted by Gasteiger charge is 2.46. The fraction of sp³-hybridized carbons (Fsp3) is 0.360. The number of carbonyl (C=O) groups is 4. The molecule has 0 spiro atoms. The van der Waals surface area contributed by atoms with Crippen molar-refractivity contribution in [2.75, 3.05) is 18.1 Å². The van der Waals surface area contributed by atoms with Gasteiger partial charge in [0.05, 0.1) is 24.3 Å². The van der Waals surface area contributed by atoms with Crippen molar-refractivity contribution < 1.29 is 23.9 Å². The minimum atomic E-state index is -0.802. The van der Waals surface area contributed by atoms with E-state index in [9.17, 15) is 19.2 Å². The van der Waals surface area contributed by atoms with Crippen LogP contribution in [-0.4, -0.2) is 47.8 Å². The molecule has 1 aliphatic carbocycles. The molecule has 0 bridgehead atoms. The molecule has 7 nitrogen and oxygen atoms in total. The summed E-state index contributed by atoms with van der Waals surface area (Å²) in [5.41, 5.74) is 1.81. The monoisotopic (exact) mass is 434 g/mol. The van der Waals surface area contributed by atoms with Gasteiger partial charge in [-0.15, -0.1) is 0 Å². The predicted molar refractivity (Wildman–Crippen MR) is 118 cm³/mol. The Balaban J connectivity index is 1.52. The van der Waals surface area contributed by atoms with Crippen molar-refractivity contribution in [1.82, 2.24) is 4.90 Å². The van der Waals surface area contributed by atoms with Gasteiger partial charge in [-0.2, -0.15) is 0 Å². The highest BCUT2D eigenvalue weighted by Crippen LogP contribution is 2.34. The second-order valence-corrected chi connectivity index (χ2v) is 8.10. The van der Waals surface area contributed by atoms with Gasteiger partial charge in [-0.1, -0.05) is 30.3 Å². The largest absolute Gasteiger partial charge is 0.462 e. The topological polar surface area (TPSA) is 84.0 Å². The molecule has 1 atom stereocenters. The quantitative estimate of drug-likeness (QED) is 0.471. The molecule has 3 amide bonds. The highest BCUT2D eigenvalue weighted by molar-refractivity contribution is 6.23. The molecular weight excluding hydrogens is 408 g/mol. The van der Waals surface area contributed by atoms with Crippen LogP contribution in [0.2, 0.25) is 0 Å². The van der Waals surface area contributed by atoms with E-state index in [1.54, 1.807) is 24.0 Å². The zero-order valence-corrected chi connectivity index (χ0v) is 18.0. The van der Waals surface area contributed by atoms with Crippen molar-refractivity contribution in [3.63, 3.8) is 0 Å². The van der Waals surface area contributed by atoms with Gasteiger partial charge < -0.3 is 9.64 Å². The van der Waals surface area contributed by atoms with Gasteiger partial charge in [0.25, 0.3) is 5.91 Å². The number of hydrogen-bond acceptors (Lipinski definition) is 5. The van der Waals surface area contributed by atoms with Gasteiger partial charge in [0.15, 0.2) is 0 Å². The molecule has 2 aromatic rings. The van der Waals surface area contributed by atoms with E-state index in [1.807, 2.05) is 30.3 Å². The summed E-state index contributed by atoms with van der Waals surface area (Å²) in [6, 6.07) is 15.2. The third kappa shape index (κ3) is 4.56. The van der Waals surface area contributed by atoms with Crippen molar-refractivity contribution in [1.29, 1.82) is 0 Å². The lowest BCUT2D eigenvalue weighted by Crippen LogP contribution is -2.47. The summed E-state index contributed by atoms with van der Waals surface area (Å²) in [4.78, 5) is 53.6. The molecule has 32 heavy (non-hydrogen) atoms. The van der Waals surface area contributed by atoms with Gasteiger partial charge >= 0.3 is 5.97 Å². The van der Waals surface area contributed by atoms with Crippen LogP contribution in [0.3, 0.4) is 0 Å². The smallest absolute Gasteiger partial charge is 0.338 e. The van der Waals surface area contributed by atoms with Crippen LogP contribution in [0.15, 0.2) is 54.6 Å². The van der Waals surface area contributed by atoms with Crippen LogP contribution < -0.4 is 4.90 Å². The lowest BCUT2D eigenvalue weighted by molar-refractivity contribution is -0.139. The Labute approximate surface area is 187 Å². The second kappa shape index (κ2) is 9.34. The molecule has 1 heterocycles. The van der Waals surface area contributed by atoms with Crippen LogP contribution >= 0.6 is 0 Å². The van der Waals surface area contributed by atoms with Crippen LogP contribution in [0, 0.1) is 5.92 Å². The van der Waals surface area contributed by atoms with E-state index in [2.05, 4.69) is 0 Å². The van der Waals surface area contributed by atoms with Gasteiger partial charge in [0, 0.05) is 12.5 Å². The lowest BCUT2D eigenvalue weighted by Gasteiger charge is -2.28. The van der Waals surface area contributed by atoms with Crippen LogP contribution in [0.4, 0.5) is 5.69 Å². The average molecular weight is 434 g/mol. The molecular formula is C25H26N2O5. The van der Waals surface area contributed by atoms with Crippen molar-refractivity contribution in [2.24, 2.45) is 5.92 Å². The average Bonchev–Trinajstić information content (AvgIpc) is 3.61. The minimum absolute atomic E-state index is 0.0360. The molecule has 0 radical (unpaired) electrons. The van der Waals surface area contributed by atoms with Crippen molar-refractivity contribution in [2.45, 2.75) is 38.6 Å². The molecule has 1 saturated heterocycles. The number of rotatable bonds is 8. The molecule has 1 unspecified atom stereocenters. The SMILES string of the molecule is CCOC(=O)c1ccc(N2C(=O)CC(N(CCc3ccccc3)C(=O)C3CC3)C2=O)cc1. The summed E-state index contributed by atoms with van der Waals surface area (Å²) in [7, 11) is 0. The lowest BCUT2D eigenvalue weighted by atomic mass is 10.1. The zero-order chi connectivity index (χ0) is 22.7. The Morgan fingerprint density at radius 1 is 1.03 bits per heavy atom. The highest BCUT2D eigenvalue weighted by atomic mass is 16.5. The van der Waals surface area contributed by atoms with Crippen LogP contribution in [0.25, 0.3) is 0 Å². The summed E-state index contributed by atoms with van der Waals surface area (Å²) >= 11 is 0. The van der Waals surface area contributed by atoms with Crippen molar-refractivity contribution in [3.8, 4) is 0 Å². The summed E-state index contributed by atoms with van der Waals surface area (Å²) < 4.78 is 4.97. The first-order valence-electron chi connectivity index (χ1n) is 11.0. The fourth-order valence-corrected chi connectivity index (χ4v) is 3.97. The maximum absolute atomic E-state index is 13.3. The van der Waals surface area contributed by atoms with E-state index in [0.29, 0.717) is 24.2 Å². The van der Waals surface area contributed by atoms with Gasteiger partial charge in [-0.25, -0.2) is 9.69 Å². The number of anilines is 1. The van der Waals surface area contributed by atoms with Gasteiger partial charge in [-0.3, -0.25) is 14.4 Å². The molecule has 1 aliphatic heterocycles. The first kappa shape index (κ1) is 21.7. The molecule has 166 valence electrons. The van der Waals surface area contributed by atoms with E-state index < -0.39 is 17.9 Å². The van der Waals surface area contributed by atoms with E-state index in [4.69, 9.17) is 4.74 Å². The van der Waals surface area contributed by atoms with Gasteiger partial charge in [0.2, 0.25) is 11.8 Å². The first-order chi connectivity index (χ1) is 15.5. The normalized spacial score (nSPS) is 18.0. The standard InChI is InChI=1S/C25H26N2O5/c1-2-32-25(31)19-10-12-20(13-11-19)27-22(28)16-21(24(27)30)26(23(29)18-8-9-18)15-14-17-6-4-3-5-7-17/h3-7,10-13,18,21H,2,8-9,14-16H2,1H3. The fourth-order valence-electron chi connectivity index (χ4n) is 3.97. The number of carbonyl (C=O) groups excluding carboxylic acids is 4. The van der Waals surface area contributed by atoms with E-state index in [1.165, 1.54) is 12.1 Å². The summed E-state index contributed by atoms with van der Waals surface area (Å²) in [6.07, 6.45) is 2.24. The van der Waals surface area contributed by atoms with Crippen LogP contribution in [0.1, 0.15) is 42.1 Å². The first-order valence-corrected chi connectivity index (χ1v) is 11.0. The molecule has 4 rings (SSSR count). The minimum Gasteiger partial charge on any atom is -0.462 e. The van der Waals surface area contributed by atoms with Crippen molar-refractivity contribution in [3.05, 3.63) is 65.7 Å². The van der Waals surface area contributed by atoms with Gasteiger partial charge in [-0.05, 0) is 56.0 Å². The molecule has 0 N–H and O–H groups in total. The number of ether oxygens (including phenoxy) is 1. The summed E-state index contributed by atoms with van der Waals surface area (Å²) in [5, 5.41) is 0. The maximum atomic E-state index is 13.3. The molecule has 2 aliphatic rings. The van der Waals surface area contributed by atoms with E-state index >= 15 is 0 Å². The number of amides is 3. The Morgan fingerprint density at radius 2 is 1.72 bits per heavy atom. The number of imide groups is 1. The third-order valence-electron chi connectivity index (χ3n) is 5.83. The van der Waals surface area contributed by atoms with Crippen LogP contribution in [0.5, 0.6) is 0 Å². The Hall–Kier alpha value is -3.48. The zero-order valence-electron chi connectivity index (χ0n) is 18.0. The molecule has 0 aromatic heterocycles. The van der Waals surface area contributed by atoms with Crippen molar-refractivity contribution >= 4 is 29.4 Å². The van der Waals surface area contributed by atoms with Gasteiger partial charge in [0.1, 0.15) is 6.04 Å². The molecule has 2 fully saturated rings. The third-order valence-corrected chi connectivity index (χ3v) is 5.83. The van der Waals surface area contributed by atoms with E-state index in [0.717, 1.165) is 23.3 Å². The summed E-state index contributed by atoms with van der Waals surface area (Å²) in [5.74, 6) is -1.31. The Morgan fingerprint density at radius 3 is 2.34 bits per heavy atom.